The highest BCUT2D eigenvalue weighted by Crippen LogP contribution is 2.27. The topological polar surface area (TPSA) is 68.0 Å². The number of hydrogen-bond acceptors (Lipinski definition) is 5. The summed E-state index contributed by atoms with van der Waals surface area (Å²) in [7, 11) is 0. The molecule has 0 fully saturated rings. The fourth-order valence-electron chi connectivity index (χ4n) is 2.40. The molecule has 3 rings (SSSR count). The molecule has 0 aliphatic carbocycles. The van der Waals surface area contributed by atoms with Gasteiger partial charge in [-0.25, -0.2) is 0 Å². The van der Waals surface area contributed by atoms with Crippen LogP contribution in [-0.2, 0) is 5.75 Å². The van der Waals surface area contributed by atoms with Crippen molar-refractivity contribution < 1.29 is 9.32 Å². The Hall–Kier alpha value is -2.60. The van der Waals surface area contributed by atoms with E-state index in [0.717, 1.165) is 21.9 Å². The largest absolute Gasteiger partial charge is 0.360 e. The Morgan fingerprint density at radius 2 is 2.12 bits per heavy atom. The molecule has 5 nitrogen and oxygen atoms in total. The summed E-state index contributed by atoms with van der Waals surface area (Å²) < 4.78 is 5.23. The van der Waals surface area contributed by atoms with Crippen LogP contribution in [0.4, 0.5) is 0 Å². The molecule has 1 amide bonds. The van der Waals surface area contributed by atoms with Gasteiger partial charge in [-0.15, -0.1) is 11.8 Å². The van der Waals surface area contributed by atoms with E-state index < -0.39 is 0 Å². The van der Waals surface area contributed by atoms with Crippen LogP contribution in [0.1, 0.15) is 40.3 Å². The smallest absolute Gasteiger partial charge is 0.252 e. The molecular formula is C19H19N3O2S. The number of carbonyl (C=O) groups excluding carboxylic acids is 1. The monoisotopic (exact) mass is 353 g/mol. The number of thioether (sulfide) groups is 1. The first-order chi connectivity index (χ1) is 12.1. The molecule has 6 heteroatoms. The van der Waals surface area contributed by atoms with Gasteiger partial charge >= 0.3 is 0 Å². The summed E-state index contributed by atoms with van der Waals surface area (Å²) >= 11 is 1.56. The van der Waals surface area contributed by atoms with E-state index in [4.69, 9.17) is 4.52 Å². The molecule has 0 spiro atoms. The minimum atomic E-state index is -0.115. The number of aromatic nitrogens is 2. The van der Waals surface area contributed by atoms with Gasteiger partial charge in [-0.1, -0.05) is 23.4 Å². The molecule has 0 saturated carbocycles. The summed E-state index contributed by atoms with van der Waals surface area (Å²) in [5.74, 6) is 1.32. The van der Waals surface area contributed by atoms with E-state index in [1.165, 1.54) is 0 Å². The highest BCUT2D eigenvalue weighted by atomic mass is 32.2. The first-order valence-electron chi connectivity index (χ1n) is 7.98. The van der Waals surface area contributed by atoms with E-state index >= 15 is 0 Å². The van der Waals surface area contributed by atoms with Crippen LogP contribution in [-0.4, -0.2) is 16.0 Å². The van der Waals surface area contributed by atoms with Crippen LogP contribution in [0.3, 0.4) is 0 Å². The highest BCUT2D eigenvalue weighted by Gasteiger charge is 2.15. The van der Waals surface area contributed by atoms with Crippen LogP contribution >= 0.6 is 11.8 Å². The second-order valence-corrected chi connectivity index (χ2v) is 6.72. The van der Waals surface area contributed by atoms with E-state index in [9.17, 15) is 4.79 Å². The van der Waals surface area contributed by atoms with E-state index in [1.807, 2.05) is 56.3 Å². The molecule has 0 radical (unpaired) electrons. The molecule has 0 aliphatic heterocycles. The Bertz CT molecular complexity index is 849. The Balaban J connectivity index is 1.70. The van der Waals surface area contributed by atoms with Crippen LogP contribution in [0.25, 0.3) is 0 Å². The summed E-state index contributed by atoms with van der Waals surface area (Å²) in [5, 5.41) is 6.91. The molecule has 0 bridgehead atoms. The van der Waals surface area contributed by atoms with Crippen molar-refractivity contribution in [2.24, 2.45) is 0 Å². The Labute approximate surface area is 150 Å². The normalized spacial score (nSPS) is 11.9. The van der Waals surface area contributed by atoms with Crippen molar-refractivity contribution in [1.82, 2.24) is 15.5 Å². The van der Waals surface area contributed by atoms with Gasteiger partial charge in [0.1, 0.15) is 5.76 Å². The van der Waals surface area contributed by atoms with Crippen molar-refractivity contribution >= 4 is 17.7 Å². The van der Waals surface area contributed by atoms with Crippen molar-refractivity contribution in [1.29, 1.82) is 0 Å². The third kappa shape index (κ3) is 4.48. The lowest BCUT2D eigenvalue weighted by Gasteiger charge is -2.15. The van der Waals surface area contributed by atoms with Gasteiger partial charge in [0.05, 0.1) is 23.1 Å². The third-order valence-corrected chi connectivity index (χ3v) is 4.81. The predicted molar refractivity (Wildman–Crippen MR) is 97.4 cm³/mol. The maximum Gasteiger partial charge on any atom is 0.252 e. The molecule has 0 saturated heterocycles. The van der Waals surface area contributed by atoms with Crippen LogP contribution in [0.15, 0.2) is 64.3 Å². The van der Waals surface area contributed by atoms with E-state index in [0.29, 0.717) is 11.3 Å². The predicted octanol–water partition coefficient (Wildman–Crippen LogP) is 4.16. The molecule has 1 aromatic carbocycles. The summed E-state index contributed by atoms with van der Waals surface area (Å²) in [6.45, 7) is 3.83. The van der Waals surface area contributed by atoms with E-state index in [-0.39, 0.29) is 11.9 Å². The average Bonchev–Trinajstić information content (AvgIpc) is 3.06. The van der Waals surface area contributed by atoms with Crippen molar-refractivity contribution in [3.05, 3.63) is 77.4 Å². The lowest BCUT2D eigenvalue weighted by atomic mass is 10.1. The van der Waals surface area contributed by atoms with Crippen molar-refractivity contribution in [3.8, 4) is 0 Å². The number of carbonyl (C=O) groups is 1. The van der Waals surface area contributed by atoms with Gasteiger partial charge in [0.15, 0.2) is 0 Å². The summed E-state index contributed by atoms with van der Waals surface area (Å²) in [6, 6.07) is 13.2. The third-order valence-electron chi connectivity index (χ3n) is 3.71. The van der Waals surface area contributed by atoms with Gasteiger partial charge < -0.3 is 9.84 Å². The maximum atomic E-state index is 12.7. The zero-order chi connectivity index (χ0) is 17.6. The lowest BCUT2D eigenvalue weighted by molar-refractivity contribution is 0.0937. The Morgan fingerprint density at radius 3 is 2.84 bits per heavy atom. The van der Waals surface area contributed by atoms with Gasteiger partial charge in [0, 0.05) is 23.4 Å². The number of hydrogen-bond donors (Lipinski definition) is 1. The number of benzene rings is 1. The van der Waals surface area contributed by atoms with Crippen LogP contribution in [0.2, 0.25) is 0 Å². The van der Waals surface area contributed by atoms with Gasteiger partial charge in [-0.2, -0.15) is 0 Å². The van der Waals surface area contributed by atoms with Gasteiger partial charge in [0.2, 0.25) is 0 Å². The van der Waals surface area contributed by atoms with Crippen LogP contribution in [0, 0.1) is 6.92 Å². The first-order valence-corrected chi connectivity index (χ1v) is 8.97. The number of rotatable bonds is 6. The zero-order valence-corrected chi connectivity index (χ0v) is 14.9. The van der Waals surface area contributed by atoms with Crippen LogP contribution < -0.4 is 5.32 Å². The molecule has 0 aliphatic rings. The number of aryl methyl sites for hydroxylation is 1. The van der Waals surface area contributed by atoms with Crippen LogP contribution in [0.5, 0.6) is 0 Å². The van der Waals surface area contributed by atoms with Gasteiger partial charge in [-0.05, 0) is 37.6 Å². The standard InChI is InChI=1S/C19H19N3O2S/c1-13-10-16(24-22-13)12-25-18-8-4-3-7-17(18)19(23)21-14(2)15-6-5-9-20-11-15/h3-11,14H,12H2,1-2H3,(H,21,23). The Morgan fingerprint density at radius 1 is 1.28 bits per heavy atom. The fourth-order valence-corrected chi connectivity index (χ4v) is 3.33. The molecule has 3 aromatic rings. The van der Waals surface area contributed by atoms with Crippen molar-refractivity contribution in [2.75, 3.05) is 0 Å². The zero-order valence-electron chi connectivity index (χ0n) is 14.1. The molecule has 25 heavy (non-hydrogen) atoms. The van der Waals surface area contributed by atoms with Crippen molar-refractivity contribution in [3.63, 3.8) is 0 Å². The SMILES string of the molecule is Cc1cc(CSc2ccccc2C(=O)NC(C)c2cccnc2)on1. The Kier molecular flexibility index (Phi) is 5.50. The number of amides is 1. The molecule has 128 valence electrons. The average molecular weight is 353 g/mol. The first kappa shape index (κ1) is 17.2. The van der Waals surface area contributed by atoms with Gasteiger partial charge in [-0.3, -0.25) is 9.78 Å². The highest BCUT2D eigenvalue weighted by molar-refractivity contribution is 7.98. The summed E-state index contributed by atoms with van der Waals surface area (Å²) in [5.41, 5.74) is 2.48. The molecular weight excluding hydrogens is 334 g/mol. The molecule has 2 aromatic heterocycles. The minimum absolute atomic E-state index is 0.104. The lowest BCUT2D eigenvalue weighted by Crippen LogP contribution is -2.27. The maximum absolute atomic E-state index is 12.7. The number of pyridine rings is 1. The quantitative estimate of drug-likeness (QED) is 0.674. The molecule has 1 atom stereocenters. The fraction of sp³-hybridized carbons (Fsp3) is 0.211. The second-order valence-electron chi connectivity index (χ2n) is 5.70. The van der Waals surface area contributed by atoms with E-state index in [1.54, 1.807) is 24.2 Å². The molecule has 1 N–H and O–H groups in total. The second kappa shape index (κ2) is 7.98. The molecule has 1 unspecified atom stereocenters. The minimum Gasteiger partial charge on any atom is -0.360 e. The van der Waals surface area contributed by atoms with Crippen molar-refractivity contribution in [2.45, 2.75) is 30.5 Å². The number of nitrogens with one attached hydrogen (secondary N) is 1. The van der Waals surface area contributed by atoms with Gasteiger partial charge in [0.25, 0.3) is 5.91 Å². The summed E-state index contributed by atoms with van der Waals surface area (Å²) in [6.07, 6.45) is 3.48. The van der Waals surface area contributed by atoms with E-state index in [2.05, 4.69) is 15.5 Å². The summed E-state index contributed by atoms with van der Waals surface area (Å²) in [4.78, 5) is 17.7. The molecule has 2 heterocycles. The number of nitrogens with zero attached hydrogens (tertiary/aromatic N) is 2.